The van der Waals surface area contributed by atoms with E-state index < -0.39 is 0 Å². The molecule has 0 aliphatic rings. The predicted molar refractivity (Wildman–Crippen MR) is 167 cm³/mol. The van der Waals surface area contributed by atoms with E-state index in [2.05, 4.69) is 157 Å². The smallest absolute Gasteiger partial charge is 0.145 e. The molecule has 40 heavy (non-hydrogen) atoms. The van der Waals surface area contributed by atoms with Gasteiger partial charge in [0.2, 0.25) is 0 Å². The highest BCUT2D eigenvalue weighted by Crippen LogP contribution is 2.48. The van der Waals surface area contributed by atoms with Crippen molar-refractivity contribution < 1.29 is 4.42 Å². The Balaban J connectivity index is 1.52. The fraction of sp³-hybridized carbons (Fsp3) is 0. The van der Waals surface area contributed by atoms with E-state index in [1.807, 2.05) is 12.1 Å². The normalized spacial score (nSPS) is 11.0. The first-order valence-electron chi connectivity index (χ1n) is 13.5. The van der Waals surface area contributed by atoms with Gasteiger partial charge in [-0.05, 0) is 47.5 Å². The largest absolute Gasteiger partial charge is 0.455 e. The zero-order chi connectivity index (χ0) is 26.7. The maximum Gasteiger partial charge on any atom is 0.145 e. The molecule has 0 atom stereocenters. The summed E-state index contributed by atoms with van der Waals surface area (Å²) in [5.41, 5.74) is 9.71. The number of benzene rings is 6. The monoisotopic (exact) mass is 513 g/mol. The van der Waals surface area contributed by atoms with Crippen LogP contribution in [0.3, 0.4) is 0 Å². The van der Waals surface area contributed by atoms with Crippen molar-refractivity contribution in [2.45, 2.75) is 0 Å². The summed E-state index contributed by atoms with van der Waals surface area (Å²) in [4.78, 5) is 2.35. The van der Waals surface area contributed by atoms with E-state index >= 15 is 0 Å². The van der Waals surface area contributed by atoms with Gasteiger partial charge < -0.3 is 9.32 Å². The second kappa shape index (κ2) is 10.4. The molecular formula is C38H27NO. The molecule has 1 heterocycles. The fourth-order valence-electron chi connectivity index (χ4n) is 5.50. The molecule has 6 aromatic carbocycles. The molecule has 7 rings (SSSR count). The lowest BCUT2D eigenvalue weighted by atomic mass is 9.96. The van der Waals surface area contributed by atoms with Gasteiger partial charge in [-0.1, -0.05) is 127 Å². The minimum atomic E-state index is 0.862. The Morgan fingerprint density at radius 2 is 0.900 bits per heavy atom. The summed E-state index contributed by atoms with van der Waals surface area (Å²) in [6.07, 6.45) is 0. The Hall–Kier alpha value is -5.34. The first-order chi connectivity index (χ1) is 19.9. The van der Waals surface area contributed by atoms with Gasteiger partial charge in [0.1, 0.15) is 11.3 Å². The van der Waals surface area contributed by atoms with Crippen molar-refractivity contribution in [1.29, 1.82) is 0 Å². The zero-order valence-electron chi connectivity index (χ0n) is 21.9. The number of anilines is 3. The van der Waals surface area contributed by atoms with Gasteiger partial charge in [0.05, 0.1) is 11.4 Å². The summed E-state index contributed by atoms with van der Waals surface area (Å²) < 4.78 is 6.69. The van der Waals surface area contributed by atoms with E-state index in [9.17, 15) is 0 Å². The van der Waals surface area contributed by atoms with E-state index in [0.29, 0.717) is 0 Å². The Labute approximate surface area is 234 Å². The summed E-state index contributed by atoms with van der Waals surface area (Å²) in [6.45, 7) is 0. The van der Waals surface area contributed by atoms with Crippen LogP contribution in [0.4, 0.5) is 17.1 Å². The second-order valence-corrected chi connectivity index (χ2v) is 9.74. The van der Waals surface area contributed by atoms with Gasteiger partial charge in [-0.2, -0.15) is 0 Å². The first-order valence-corrected chi connectivity index (χ1v) is 13.5. The predicted octanol–water partition coefficient (Wildman–Crippen LogP) is 10.9. The number of nitrogens with zero attached hydrogens (tertiary/aromatic N) is 1. The summed E-state index contributed by atoms with van der Waals surface area (Å²) in [7, 11) is 0. The van der Waals surface area contributed by atoms with Gasteiger partial charge in [0.15, 0.2) is 0 Å². The summed E-state index contributed by atoms with van der Waals surface area (Å²) in [5, 5.41) is 1.11. The lowest BCUT2D eigenvalue weighted by Crippen LogP contribution is -2.12. The van der Waals surface area contributed by atoms with E-state index in [1.54, 1.807) is 0 Å². The summed E-state index contributed by atoms with van der Waals surface area (Å²) in [6, 6.07) is 57.1. The minimum Gasteiger partial charge on any atom is -0.455 e. The Kier molecular flexibility index (Phi) is 6.20. The number of furan rings is 1. The molecule has 0 aliphatic carbocycles. The third kappa shape index (κ3) is 4.26. The number of rotatable bonds is 6. The molecule has 0 bridgehead atoms. The van der Waals surface area contributed by atoms with Gasteiger partial charge in [-0.3, -0.25) is 0 Å². The minimum absolute atomic E-state index is 0.862. The maximum atomic E-state index is 6.69. The van der Waals surface area contributed by atoms with Crippen molar-refractivity contribution in [3.63, 3.8) is 0 Å². The lowest BCUT2D eigenvalue weighted by molar-refractivity contribution is 0.632. The van der Waals surface area contributed by atoms with Crippen molar-refractivity contribution >= 4 is 28.0 Å². The molecule has 0 saturated carbocycles. The number of para-hydroxylation sites is 4. The molecule has 7 aromatic rings. The molecule has 0 amide bonds. The quantitative estimate of drug-likeness (QED) is 0.220. The van der Waals surface area contributed by atoms with E-state index in [1.165, 1.54) is 5.56 Å². The van der Waals surface area contributed by atoms with Crippen molar-refractivity contribution in [3.05, 3.63) is 164 Å². The zero-order valence-corrected chi connectivity index (χ0v) is 21.9. The molecule has 2 nitrogen and oxygen atoms in total. The van der Waals surface area contributed by atoms with E-state index in [-0.39, 0.29) is 0 Å². The molecule has 0 fully saturated rings. The number of fused-ring (bicyclic) bond motifs is 1. The first kappa shape index (κ1) is 23.8. The highest BCUT2D eigenvalue weighted by molar-refractivity contribution is 6.04. The van der Waals surface area contributed by atoms with Gasteiger partial charge in [0, 0.05) is 27.8 Å². The van der Waals surface area contributed by atoms with Crippen LogP contribution in [0.1, 0.15) is 0 Å². The molecule has 190 valence electrons. The van der Waals surface area contributed by atoms with E-state index in [0.717, 1.165) is 56.0 Å². The maximum absolute atomic E-state index is 6.69. The fourth-order valence-corrected chi connectivity index (χ4v) is 5.50. The second-order valence-electron chi connectivity index (χ2n) is 9.74. The van der Waals surface area contributed by atoms with Crippen molar-refractivity contribution in [1.82, 2.24) is 0 Å². The van der Waals surface area contributed by atoms with Crippen molar-refractivity contribution in [3.8, 4) is 33.6 Å². The van der Waals surface area contributed by atoms with Gasteiger partial charge in [0.25, 0.3) is 0 Å². The van der Waals surface area contributed by atoms with Crippen molar-refractivity contribution in [2.24, 2.45) is 0 Å². The third-order valence-corrected chi connectivity index (χ3v) is 7.29. The van der Waals surface area contributed by atoms with Crippen LogP contribution in [0.2, 0.25) is 0 Å². The molecule has 0 aliphatic heterocycles. The lowest BCUT2D eigenvalue weighted by Gasteiger charge is -2.29. The highest BCUT2D eigenvalue weighted by Gasteiger charge is 2.24. The van der Waals surface area contributed by atoms with Crippen LogP contribution >= 0.6 is 0 Å². The average molecular weight is 514 g/mol. The Morgan fingerprint density at radius 3 is 1.60 bits per heavy atom. The molecule has 1 aromatic heterocycles. The van der Waals surface area contributed by atoms with E-state index in [4.69, 9.17) is 4.42 Å². The van der Waals surface area contributed by atoms with Gasteiger partial charge in [-0.15, -0.1) is 0 Å². The Bertz CT molecular complexity index is 1890. The summed E-state index contributed by atoms with van der Waals surface area (Å²) >= 11 is 0. The summed E-state index contributed by atoms with van der Waals surface area (Å²) in [5.74, 6) is 0.862. The SMILES string of the molecule is c1ccc(-c2ccccc2N(c2ccccc2)c2ccccc2-c2oc3ccccc3c2-c2ccccc2)cc1. The van der Waals surface area contributed by atoms with Crippen LogP contribution in [0.5, 0.6) is 0 Å². The molecule has 0 N–H and O–H groups in total. The van der Waals surface area contributed by atoms with Crippen LogP contribution in [0.25, 0.3) is 44.5 Å². The van der Waals surface area contributed by atoms with Crippen LogP contribution in [-0.4, -0.2) is 0 Å². The molecule has 0 saturated heterocycles. The number of hydrogen-bond donors (Lipinski definition) is 0. The standard InChI is InChI=1S/C38H27NO/c1-4-16-28(17-5-1)31-22-10-13-25-34(31)39(30-20-8-3-9-21-30)35-26-14-11-23-32(35)38-37(29-18-6-2-7-19-29)33-24-12-15-27-36(33)40-38/h1-27H. The van der Waals surface area contributed by atoms with Crippen LogP contribution in [0, 0.1) is 0 Å². The Morgan fingerprint density at radius 1 is 0.400 bits per heavy atom. The topological polar surface area (TPSA) is 16.4 Å². The number of hydrogen-bond acceptors (Lipinski definition) is 2. The highest BCUT2D eigenvalue weighted by atomic mass is 16.3. The van der Waals surface area contributed by atoms with Gasteiger partial charge in [-0.25, -0.2) is 0 Å². The van der Waals surface area contributed by atoms with Crippen molar-refractivity contribution in [2.75, 3.05) is 4.90 Å². The molecule has 0 spiro atoms. The van der Waals surface area contributed by atoms with Crippen LogP contribution < -0.4 is 4.90 Å². The molecule has 0 radical (unpaired) electrons. The van der Waals surface area contributed by atoms with Gasteiger partial charge >= 0.3 is 0 Å². The van der Waals surface area contributed by atoms with Crippen LogP contribution in [0.15, 0.2) is 168 Å². The molecular weight excluding hydrogens is 486 g/mol. The average Bonchev–Trinajstić information content (AvgIpc) is 3.43. The molecule has 0 unspecified atom stereocenters. The third-order valence-electron chi connectivity index (χ3n) is 7.29. The van der Waals surface area contributed by atoms with Crippen LogP contribution in [-0.2, 0) is 0 Å². The molecule has 2 heteroatoms.